The zero-order chi connectivity index (χ0) is 13.9. The molecule has 20 heavy (non-hydrogen) atoms. The topological polar surface area (TPSA) is 68.0 Å². The summed E-state index contributed by atoms with van der Waals surface area (Å²) >= 11 is 1.15. The van der Waals surface area contributed by atoms with E-state index in [1.165, 1.54) is 0 Å². The van der Waals surface area contributed by atoms with Crippen molar-refractivity contribution in [3.05, 3.63) is 47.9 Å². The second-order valence-corrected chi connectivity index (χ2v) is 5.15. The maximum atomic E-state index is 12.2. The first kappa shape index (κ1) is 12.8. The molecule has 1 amide bonds. The van der Waals surface area contributed by atoms with Gasteiger partial charge in [-0.1, -0.05) is 0 Å². The molecule has 2 aromatic heterocycles. The zero-order valence-electron chi connectivity index (χ0n) is 10.9. The molecule has 0 bridgehead atoms. The van der Waals surface area contributed by atoms with Crippen molar-refractivity contribution < 1.29 is 9.21 Å². The maximum absolute atomic E-state index is 12.2. The van der Waals surface area contributed by atoms with Crippen molar-refractivity contribution in [3.8, 4) is 0 Å². The van der Waals surface area contributed by atoms with Crippen LogP contribution in [0.5, 0.6) is 0 Å². The summed E-state index contributed by atoms with van der Waals surface area (Å²) in [5.41, 5.74) is 2.16. The van der Waals surface area contributed by atoms with Crippen LogP contribution in [0.4, 0.5) is 0 Å². The summed E-state index contributed by atoms with van der Waals surface area (Å²) in [4.78, 5) is 12.2. The van der Waals surface area contributed by atoms with Gasteiger partial charge >= 0.3 is 0 Å². The lowest BCUT2D eigenvalue weighted by Gasteiger charge is -2.12. The van der Waals surface area contributed by atoms with Crippen molar-refractivity contribution in [2.75, 3.05) is 0 Å². The van der Waals surface area contributed by atoms with Crippen molar-refractivity contribution in [1.29, 1.82) is 0 Å². The first-order chi connectivity index (χ1) is 9.72. The molecule has 0 saturated heterocycles. The Labute approximate surface area is 119 Å². The molecular weight excluding hydrogens is 274 g/mol. The summed E-state index contributed by atoms with van der Waals surface area (Å²) in [5, 5.41) is 2.95. The molecule has 102 valence electrons. The smallest absolute Gasteiger partial charge is 0.251 e. The lowest BCUT2D eigenvalue weighted by atomic mass is 10.1. The molecule has 2 heterocycles. The van der Waals surface area contributed by atoms with E-state index in [1.807, 2.05) is 25.1 Å². The number of hydrogen-bond acceptors (Lipinski definition) is 5. The highest BCUT2D eigenvalue weighted by Gasteiger charge is 2.12. The van der Waals surface area contributed by atoms with E-state index in [4.69, 9.17) is 4.42 Å². The lowest BCUT2D eigenvalue weighted by Crippen LogP contribution is -2.33. The fourth-order valence-corrected chi connectivity index (χ4v) is 2.53. The van der Waals surface area contributed by atoms with Crippen LogP contribution >= 0.6 is 11.7 Å². The quantitative estimate of drug-likeness (QED) is 0.801. The molecule has 0 saturated carbocycles. The number of nitrogens with one attached hydrogen (secondary N) is 1. The van der Waals surface area contributed by atoms with Gasteiger partial charge in [-0.25, -0.2) is 0 Å². The summed E-state index contributed by atoms with van der Waals surface area (Å²) in [6.45, 7) is 1.95. The minimum atomic E-state index is -0.112. The lowest BCUT2D eigenvalue weighted by molar-refractivity contribution is 0.0939. The molecular formula is C14H13N3O2S. The van der Waals surface area contributed by atoms with Crippen LogP contribution in [-0.4, -0.2) is 20.7 Å². The fraction of sp³-hybridized carbons (Fsp3) is 0.214. The molecule has 0 aliphatic heterocycles. The molecule has 1 N–H and O–H groups in total. The van der Waals surface area contributed by atoms with Crippen LogP contribution < -0.4 is 5.32 Å². The van der Waals surface area contributed by atoms with Crippen LogP contribution in [-0.2, 0) is 6.42 Å². The van der Waals surface area contributed by atoms with Crippen LogP contribution in [0.15, 0.2) is 41.0 Å². The van der Waals surface area contributed by atoms with Gasteiger partial charge < -0.3 is 9.73 Å². The largest absolute Gasteiger partial charge is 0.469 e. The van der Waals surface area contributed by atoms with Crippen LogP contribution in [0.25, 0.3) is 11.0 Å². The molecule has 1 aromatic carbocycles. The van der Waals surface area contributed by atoms with Crippen molar-refractivity contribution >= 4 is 28.7 Å². The Kier molecular flexibility index (Phi) is 3.47. The third-order valence-electron chi connectivity index (χ3n) is 2.98. The Morgan fingerprint density at radius 1 is 1.35 bits per heavy atom. The predicted molar refractivity (Wildman–Crippen MR) is 76.8 cm³/mol. The van der Waals surface area contributed by atoms with E-state index in [1.54, 1.807) is 18.4 Å². The van der Waals surface area contributed by atoms with Crippen LogP contribution in [0.2, 0.25) is 0 Å². The van der Waals surface area contributed by atoms with Crippen molar-refractivity contribution in [2.24, 2.45) is 0 Å². The van der Waals surface area contributed by atoms with E-state index in [-0.39, 0.29) is 11.9 Å². The van der Waals surface area contributed by atoms with E-state index in [2.05, 4.69) is 14.1 Å². The summed E-state index contributed by atoms with van der Waals surface area (Å²) in [6.07, 6.45) is 2.30. The Bertz CT molecular complexity index is 721. The maximum Gasteiger partial charge on any atom is 0.251 e. The minimum Gasteiger partial charge on any atom is -0.469 e. The Hall–Kier alpha value is -2.21. The summed E-state index contributed by atoms with van der Waals surface area (Å²) in [5.74, 6) is 0.746. The number of carbonyl (C=O) groups is 1. The average molecular weight is 287 g/mol. The minimum absolute atomic E-state index is 0.00194. The monoisotopic (exact) mass is 287 g/mol. The second kappa shape index (κ2) is 5.42. The first-order valence-electron chi connectivity index (χ1n) is 6.28. The number of furan rings is 1. The normalized spacial score (nSPS) is 12.4. The molecule has 3 aromatic rings. The number of benzene rings is 1. The number of carbonyl (C=O) groups excluding carboxylic acids is 1. The van der Waals surface area contributed by atoms with Gasteiger partial charge in [0.2, 0.25) is 0 Å². The van der Waals surface area contributed by atoms with Gasteiger partial charge in [-0.2, -0.15) is 8.75 Å². The van der Waals surface area contributed by atoms with Gasteiger partial charge in [0.1, 0.15) is 16.8 Å². The third kappa shape index (κ3) is 2.70. The van der Waals surface area contributed by atoms with Gasteiger partial charge in [-0.15, -0.1) is 0 Å². The molecule has 0 radical (unpaired) electrons. The van der Waals surface area contributed by atoms with Gasteiger partial charge in [0.05, 0.1) is 18.0 Å². The molecule has 0 aliphatic rings. The van der Waals surface area contributed by atoms with Gasteiger partial charge in [0.15, 0.2) is 0 Å². The Balaban J connectivity index is 1.68. The van der Waals surface area contributed by atoms with E-state index in [0.717, 1.165) is 28.5 Å². The van der Waals surface area contributed by atoms with Crippen molar-refractivity contribution in [3.63, 3.8) is 0 Å². The Morgan fingerprint density at radius 2 is 2.20 bits per heavy atom. The fourth-order valence-electron chi connectivity index (χ4n) is 2.01. The van der Waals surface area contributed by atoms with Gasteiger partial charge in [-0.3, -0.25) is 4.79 Å². The molecule has 1 atom stereocenters. The number of fused-ring (bicyclic) bond motifs is 1. The van der Waals surface area contributed by atoms with Crippen LogP contribution in [0, 0.1) is 0 Å². The van der Waals surface area contributed by atoms with Gasteiger partial charge in [-0.05, 0) is 37.3 Å². The van der Waals surface area contributed by atoms with Gasteiger partial charge in [0.25, 0.3) is 5.91 Å². The molecule has 5 nitrogen and oxygen atoms in total. The van der Waals surface area contributed by atoms with Crippen LogP contribution in [0.1, 0.15) is 23.0 Å². The van der Waals surface area contributed by atoms with E-state index in [0.29, 0.717) is 12.0 Å². The molecule has 0 unspecified atom stereocenters. The standard InChI is InChI=1S/C14H13N3O2S/c1-9(7-11-3-2-6-19-11)15-14(18)10-4-5-12-13(8-10)17-20-16-12/h2-6,8-9H,7H2,1H3,(H,15,18)/t9-/m1/s1. The number of hydrogen-bond donors (Lipinski definition) is 1. The highest BCUT2D eigenvalue weighted by molar-refractivity contribution is 7.00. The predicted octanol–water partition coefficient (Wildman–Crippen LogP) is 2.65. The molecule has 0 spiro atoms. The zero-order valence-corrected chi connectivity index (χ0v) is 11.7. The number of aromatic nitrogens is 2. The molecule has 0 fully saturated rings. The summed E-state index contributed by atoms with van der Waals surface area (Å²) in [6, 6.07) is 9.07. The highest BCUT2D eigenvalue weighted by atomic mass is 32.1. The first-order valence-corrected chi connectivity index (χ1v) is 7.01. The van der Waals surface area contributed by atoms with Crippen molar-refractivity contribution in [1.82, 2.24) is 14.1 Å². The van der Waals surface area contributed by atoms with E-state index in [9.17, 15) is 4.79 Å². The van der Waals surface area contributed by atoms with E-state index < -0.39 is 0 Å². The van der Waals surface area contributed by atoms with Crippen molar-refractivity contribution in [2.45, 2.75) is 19.4 Å². The number of nitrogens with zero attached hydrogens (tertiary/aromatic N) is 2. The second-order valence-electron chi connectivity index (χ2n) is 4.63. The molecule has 6 heteroatoms. The Morgan fingerprint density at radius 3 is 3.00 bits per heavy atom. The van der Waals surface area contributed by atoms with Gasteiger partial charge in [0, 0.05) is 18.0 Å². The third-order valence-corrected chi connectivity index (χ3v) is 3.54. The summed E-state index contributed by atoms with van der Waals surface area (Å²) < 4.78 is 13.5. The SMILES string of the molecule is C[C@H](Cc1ccco1)NC(=O)c1ccc2nsnc2c1. The number of amides is 1. The van der Waals surface area contributed by atoms with E-state index >= 15 is 0 Å². The average Bonchev–Trinajstić information content (AvgIpc) is 3.07. The number of rotatable bonds is 4. The molecule has 3 rings (SSSR count). The highest BCUT2D eigenvalue weighted by Crippen LogP contribution is 2.14. The molecule has 0 aliphatic carbocycles. The van der Waals surface area contributed by atoms with Crippen LogP contribution in [0.3, 0.4) is 0 Å². The summed E-state index contributed by atoms with van der Waals surface area (Å²) in [7, 11) is 0.